The average Bonchev–Trinajstić information content (AvgIpc) is 2.61. The molecular weight excluding hydrogens is 374 g/mol. The quantitative estimate of drug-likeness (QED) is 0.629. The van der Waals surface area contributed by atoms with E-state index in [9.17, 15) is 23.3 Å². The summed E-state index contributed by atoms with van der Waals surface area (Å²) in [5.74, 6) is -0.327. The summed E-state index contributed by atoms with van der Waals surface area (Å²) in [6.07, 6.45) is -0.0531. The Morgan fingerprint density at radius 2 is 1.96 bits per heavy atom. The Balaban J connectivity index is 1.89. The molecule has 0 saturated carbocycles. The second kappa shape index (κ2) is 6.88. The molecule has 2 aromatic rings. The van der Waals surface area contributed by atoms with Crippen LogP contribution in [0.2, 0.25) is 0 Å². The average molecular weight is 391 g/mol. The third-order valence-electron chi connectivity index (χ3n) is 4.19. The highest BCUT2D eigenvalue weighted by atomic mass is 32.2. The largest absolute Gasteiger partial charge is 0.476 e. The number of carbonyl (C=O) groups excluding carboxylic acids is 1. The van der Waals surface area contributed by atoms with Gasteiger partial charge in [-0.05, 0) is 25.1 Å². The Bertz CT molecular complexity index is 1020. The van der Waals surface area contributed by atoms with Crippen molar-refractivity contribution in [3.8, 4) is 5.75 Å². The van der Waals surface area contributed by atoms with Gasteiger partial charge in [-0.1, -0.05) is 18.2 Å². The summed E-state index contributed by atoms with van der Waals surface area (Å²) < 4.78 is 31.0. The minimum Gasteiger partial charge on any atom is -0.476 e. The minimum atomic E-state index is -3.62. The van der Waals surface area contributed by atoms with E-state index < -0.39 is 27.0 Å². The molecular formula is C17H17N3O6S. The number of nitro groups is 1. The van der Waals surface area contributed by atoms with E-state index in [1.54, 1.807) is 24.3 Å². The molecule has 142 valence electrons. The summed E-state index contributed by atoms with van der Waals surface area (Å²) in [5, 5.41) is 13.6. The second-order valence-corrected chi connectivity index (χ2v) is 7.97. The van der Waals surface area contributed by atoms with Crippen molar-refractivity contribution in [2.45, 2.75) is 13.0 Å². The lowest BCUT2D eigenvalue weighted by Gasteiger charge is -2.33. The maximum Gasteiger partial charge on any atom is 0.274 e. The Kier molecular flexibility index (Phi) is 4.75. The molecule has 27 heavy (non-hydrogen) atoms. The molecule has 0 fully saturated rings. The number of amides is 1. The van der Waals surface area contributed by atoms with Crippen LogP contribution >= 0.6 is 0 Å². The molecule has 0 saturated heterocycles. The monoisotopic (exact) mass is 391 g/mol. The number of nitrogens with zero attached hydrogens (tertiary/aromatic N) is 2. The molecule has 0 aliphatic carbocycles. The smallest absolute Gasteiger partial charge is 0.274 e. The number of fused-ring (bicyclic) bond motifs is 1. The number of hydrogen-bond donors (Lipinski definition) is 1. The fourth-order valence-electron chi connectivity index (χ4n) is 2.82. The van der Waals surface area contributed by atoms with Crippen LogP contribution in [-0.4, -0.2) is 38.2 Å². The number of hydrogen-bond acceptors (Lipinski definition) is 6. The lowest BCUT2D eigenvalue weighted by Crippen LogP contribution is -2.48. The second-order valence-electron chi connectivity index (χ2n) is 6.06. The number of benzene rings is 2. The van der Waals surface area contributed by atoms with Crippen molar-refractivity contribution < 1.29 is 22.9 Å². The first-order valence-electron chi connectivity index (χ1n) is 7.96. The van der Waals surface area contributed by atoms with Crippen LogP contribution in [0.1, 0.15) is 5.56 Å². The molecule has 10 heteroatoms. The van der Waals surface area contributed by atoms with E-state index in [-0.39, 0.29) is 23.7 Å². The zero-order chi connectivity index (χ0) is 19.8. The van der Waals surface area contributed by atoms with E-state index in [0.717, 1.165) is 10.6 Å². The van der Waals surface area contributed by atoms with E-state index in [0.29, 0.717) is 11.3 Å². The molecule has 1 N–H and O–H groups in total. The van der Waals surface area contributed by atoms with Gasteiger partial charge >= 0.3 is 0 Å². The van der Waals surface area contributed by atoms with Gasteiger partial charge in [0, 0.05) is 6.07 Å². The Morgan fingerprint density at radius 1 is 1.26 bits per heavy atom. The molecule has 0 spiro atoms. The van der Waals surface area contributed by atoms with Crippen LogP contribution in [0, 0.1) is 17.0 Å². The van der Waals surface area contributed by atoms with E-state index in [1.807, 2.05) is 0 Å². The number of nitrogens with one attached hydrogen (secondary N) is 1. The van der Waals surface area contributed by atoms with Crippen molar-refractivity contribution in [2.24, 2.45) is 0 Å². The van der Waals surface area contributed by atoms with Gasteiger partial charge in [0.1, 0.15) is 5.75 Å². The molecule has 1 amide bonds. The van der Waals surface area contributed by atoms with Crippen molar-refractivity contribution in [3.05, 3.63) is 58.1 Å². The maximum atomic E-state index is 12.7. The van der Waals surface area contributed by atoms with Gasteiger partial charge in [0.05, 0.1) is 34.7 Å². The van der Waals surface area contributed by atoms with Crippen LogP contribution < -0.4 is 14.4 Å². The van der Waals surface area contributed by atoms with E-state index >= 15 is 0 Å². The number of ether oxygens (including phenoxy) is 1. The highest BCUT2D eigenvalue weighted by Gasteiger charge is 2.35. The van der Waals surface area contributed by atoms with Crippen LogP contribution in [0.25, 0.3) is 0 Å². The fraction of sp³-hybridized carbons (Fsp3) is 0.235. The number of para-hydroxylation sites is 2. The van der Waals surface area contributed by atoms with Crippen molar-refractivity contribution in [2.75, 3.05) is 22.4 Å². The van der Waals surface area contributed by atoms with Gasteiger partial charge in [-0.2, -0.15) is 0 Å². The molecule has 1 heterocycles. The summed E-state index contributed by atoms with van der Waals surface area (Å²) in [7, 11) is -3.62. The van der Waals surface area contributed by atoms with Crippen molar-refractivity contribution in [1.29, 1.82) is 0 Å². The number of rotatable bonds is 4. The lowest BCUT2D eigenvalue weighted by molar-refractivity contribution is -0.385. The molecule has 0 aromatic heterocycles. The third kappa shape index (κ3) is 3.70. The van der Waals surface area contributed by atoms with Gasteiger partial charge in [-0.25, -0.2) is 8.42 Å². The minimum absolute atomic E-state index is 0.125. The zero-order valence-corrected chi connectivity index (χ0v) is 15.4. The first-order chi connectivity index (χ1) is 12.7. The molecule has 2 aromatic carbocycles. The van der Waals surface area contributed by atoms with E-state index in [2.05, 4.69) is 5.32 Å². The fourth-order valence-corrected chi connectivity index (χ4v) is 3.74. The van der Waals surface area contributed by atoms with E-state index in [1.165, 1.54) is 25.1 Å². The van der Waals surface area contributed by atoms with Crippen LogP contribution in [0.15, 0.2) is 42.5 Å². The topological polar surface area (TPSA) is 119 Å². The number of sulfonamides is 1. The number of anilines is 2. The molecule has 1 atom stereocenters. The predicted octanol–water partition coefficient (Wildman–Crippen LogP) is 2.07. The first kappa shape index (κ1) is 18.6. The van der Waals surface area contributed by atoms with Crippen LogP contribution in [0.5, 0.6) is 5.75 Å². The maximum absolute atomic E-state index is 12.7. The summed E-state index contributed by atoms with van der Waals surface area (Å²) in [5.41, 5.74) is 0.797. The standard InChI is InChI=1S/C17H17N3O6S/c1-11-12(6-5-8-13(11)20(22)23)18-17(21)16-10-19(27(2,24)25)14-7-3-4-9-15(14)26-16/h3-9,16H,10H2,1-2H3,(H,18,21)/t16-/m1/s1. The van der Waals surface area contributed by atoms with Crippen LogP contribution in [0.3, 0.4) is 0 Å². The predicted molar refractivity (Wildman–Crippen MR) is 99.5 cm³/mol. The van der Waals surface area contributed by atoms with Gasteiger partial charge in [0.15, 0.2) is 6.10 Å². The molecule has 0 radical (unpaired) electrons. The van der Waals surface area contributed by atoms with Gasteiger partial charge < -0.3 is 10.1 Å². The molecule has 1 aliphatic rings. The highest BCUT2D eigenvalue weighted by Crippen LogP contribution is 2.35. The van der Waals surface area contributed by atoms with Gasteiger partial charge in [-0.15, -0.1) is 0 Å². The van der Waals surface area contributed by atoms with Gasteiger partial charge in [0.2, 0.25) is 10.0 Å². The van der Waals surface area contributed by atoms with Crippen molar-refractivity contribution >= 4 is 33.0 Å². The molecule has 3 rings (SSSR count). The SMILES string of the molecule is Cc1c(NC(=O)[C@H]2CN(S(C)(=O)=O)c3ccccc3O2)cccc1[N+](=O)[O-]. The Labute approximate surface area is 155 Å². The molecule has 0 bridgehead atoms. The van der Waals surface area contributed by atoms with Crippen molar-refractivity contribution in [1.82, 2.24) is 0 Å². The van der Waals surface area contributed by atoms with Crippen LogP contribution in [-0.2, 0) is 14.8 Å². The van der Waals surface area contributed by atoms with Crippen molar-refractivity contribution in [3.63, 3.8) is 0 Å². The zero-order valence-electron chi connectivity index (χ0n) is 14.6. The summed E-state index contributed by atoms with van der Waals surface area (Å²) >= 11 is 0. The van der Waals surface area contributed by atoms with E-state index in [4.69, 9.17) is 4.74 Å². The van der Waals surface area contributed by atoms with Gasteiger partial charge in [-0.3, -0.25) is 19.2 Å². The highest BCUT2D eigenvalue weighted by molar-refractivity contribution is 7.92. The Morgan fingerprint density at radius 3 is 2.63 bits per heavy atom. The summed E-state index contributed by atoms with van der Waals surface area (Å²) in [4.78, 5) is 23.2. The normalized spacial score (nSPS) is 16.2. The molecule has 9 nitrogen and oxygen atoms in total. The number of carbonyl (C=O) groups is 1. The summed E-state index contributed by atoms with van der Waals surface area (Å²) in [6.45, 7) is 1.32. The molecule has 0 unspecified atom stereocenters. The van der Waals surface area contributed by atoms with Gasteiger partial charge in [0.25, 0.3) is 11.6 Å². The lowest BCUT2D eigenvalue weighted by atomic mass is 10.1. The van der Waals surface area contributed by atoms with Crippen LogP contribution in [0.4, 0.5) is 17.1 Å². The Hall–Kier alpha value is -3.14. The first-order valence-corrected chi connectivity index (χ1v) is 9.81. The summed E-state index contributed by atoms with van der Waals surface area (Å²) in [6, 6.07) is 10.8. The molecule has 1 aliphatic heterocycles. The number of nitro benzene ring substituents is 1. The third-order valence-corrected chi connectivity index (χ3v) is 5.33.